The number of aliphatic hydroxyl groups is 2. The first-order chi connectivity index (χ1) is 8.09. The smallest absolute Gasteiger partial charge is 0.254 e. The van der Waals surface area contributed by atoms with Crippen LogP contribution in [-0.2, 0) is 0 Å². The molecule has 5 heteroatoms. The number of rotatable bonds is 6. The first kappa shape index (κ1) is 13.6. The van der Waals surface area contributed by atoms with Crippen molar-refractivity contribution in [3.05, 3.63) is 35.9 Å². The van der Waals surface area contributed by atoms with Gasteiger partial charge in [-0.1, -0.05) is 18.2 Å². The molecule has 0 heterocycles. The van der Waals surface area contributed by atoms with Crippen LogP contribution >= 0.6 is 0 Å². The van der Waals surface area contributed by atoms with Gasteiger partial charge in [0, 0.05) is 12.1 Å². The van der Waals surface area contributed by atoms with Crippen LogP contribution in [0.1, 0.15) is 23.7 Å². The van der Waals surface area contributed by atoms with Crippen molar-refractivity contribution in [1.29, 1.82) is 0 Å². The second-order valence-corrected chi connectivity index (χ2v) is 3.83. The predicted octanol–water partition coefficient (Wildman–Crippen LogP) is 0.0528. The molecule has 0 aliphatic heterocycles. The molecular formula is C12H18N2O3. The van der Waals surface area contributed by atoms with E-state index in [0.717, 1.165) is 0 Å². The molecule has 0 fully saturated rings. The minimum atomic E-state index is -1.11. The van der Waals surface area contributed by atoms with Crippen molar-refractivity contribution in [2.24, 2.45) is 0 Å². The van der Waals surface area contributed by atoms with Crippen molar-refractivity contribution < 1.29 is 15.0 Å². The lowest BCUT2D eigenvalue weighted by molar-refractivity contribution is 0.0672. The molecule has 1 amide bonds. The third-order valence-corrected chi connectivity index (χ3v) is 2.20. The van der Waals surface area contributed by atoms with E-state index in [4.69, 9.17) is 5.11 Å². The molecule has 1 rings (SSSR count). The molecule has 0 aliphatic carbocycles. The van der Waals surface area contributed by atoms with E-state index in [1.807, 2.05) is 6.07 Å². The Balaban J connectivity index is 2.31. The van der Waals surface area contributed by atoms with Crippen LogP contribution in [0.25, 0.3) is 0 Å². The normalized spacial score (nSPS) is 14.1. The van der Waals surface area contributed by atoms with E-state index in [9.17, 15) is 9.90 Å². The summed E-state index contributed by atoms with van der Waals surface area (Å²) in [5, 5.41) is 23.6. The van der Waals surface area contributed by atoms with E-state index < -0.39 is 12.5 Å². The summed E-state index contributed by atoms with van der Waals surface area (Å²) >= 11 is 0. The molecule has 0 saturated carbocycles. The second-order valence-electron chi connectivity index (χ2n) is 3.83. The van der Waals surface area contributed by atoms with Crippen LogP contribution in [-0.4, -0.2) is 35.1 Å². The van der Waals surface area contributed by atoms with Gasteiger partial charge in [0.25, 0.3) is 5.91 Å². The molecule has 0 spiro atoms. The Labute approximate surface area is 100 Å². The molecule has 5 nitrogen and oxygen atoms in total. The molecule has 0 unspecified atom stereocenters. The summed E-state index contributed by atoms with van der Waals surface area (Å²) in [7, 11) is 0. The Hall–Kier alpha value is -1.43. The maximum Gasteiger partial charge on any atom is 0.254 e. The van der Waals surface area contributed by atoms with Gasteiger partial charge in [0.2, 0.25) is 0 Å². The summed E-state index contributed by atoms with van der Waals surface area (Å²) in [6.45, 7) is 2.09. The van der Waals surface area contributed by atoms with Crippen molar-refractivity contribution >= 4 is 5.91 Å². The van der Waals surface area contributed by atoms with Gasteiger partial charge >= 0.3 is 0 Å². The number of carbonyl (C=O) groups is 1. The topological polar surface area (TPSA) is 81.6 Å². The van der Waals surface area contributed by atoms with Crippen molar-refractivity contribution in [3.8, 4) is 0 Å². The fourth-order valence-corrected chi connectivity index (χ4v) is 1.28. The Morgan fingerprint density at radius 1 is 1.29 bits per heavy atom. The van der Waals surface area contributed by atoms with Gasteiger partial charge in [-0.2, -0.15) is 0 Å². The van der Waals surface area contributed by atoms with E-state index in [0.29, 0.717) is 18.5 Å². The van der Waals surface area contributed by atoms with Crippen LogP contribution in [0.4, 0.5) is 0 Å². The molecule has 17 heavy (non-hydrogen) atoms. The van der Waals surface area contributed by atoms with Gasteiger partial charge in [-0.3, -0.25) is 10.1 Å². The first-order valence-electron chi connectivity index (χ1n) is 5.55. The number of carbonyl (C=O) groups excluding carboxylic acids is 1. The number of amides is 1. The predicted molar refractivity (Wildman–Crippen MR) is 64.2 cm³/mol. The average molecular weight is 238 g/mol. The van der Waals surface area contributed by atoms with Crippen LogP contribution in [0.3, 0.4) is 0 Å². The van der Waals surface area contributed by atoms with Crippen molar-refractivity contribution in [2.75, 3.05) is 6.54 Å². The number of hydrogen-bond acceptors (Lipinski definition) is 4. The van der Waals surface area contributed by atoms with Crippen LogP contribution in [0.5, 0.6) is 0 Å². The standard InChI is InChI=1S/C12H18N2O3/c1-9(15)7-8-13-12(17)14-11(16)10-5-3-2-4-6-10/h2-6,9,12-13,15,17H,7-8H2,1H3,(H,14,16)/t9-,12-/m0/s1. The van der Waals surface area contributed by atoms with E-state index >= 15 is 0 Å². The van der Waals surface area contributed by atoms with Crippen molar-refractivity contribution in [1.82, 2.24) is 10.6 Å². The van der Waals surface area contributed by atoms with Gasteiger partial charge in [0.15, 0.2) is 6.35 Å². The lowest BCUT2D eigenvalue weighted by atomic mass is 10.2. The Morgan fingerprint density at radius 2 is 1.94 bits per heavy atom. The molecule has 0 radical (unpaired) electrons. The average Bonchev–Trinajstić information content (AvgIpc) is 2.29. The van der Waals surface area contributed by atoms with E-state index in [-0.39, 0.29) is 5.91 Å². The Kier molecular flexibility index (Phi) is 5.62. The number of hydrogen-bond donors (Lipinski definition) is 4. The molecule has 0 saturated heterocycles. The summed E-state index contributed by atoms with van der Waals surface area (Å²) in [6.07, 6.45) is -1.03. The Morgan fingerprint density at radius 3 is 2.53 bits per heavy atom. The summed E-state index contributed by atoms with van der Waals surface area (Å²) < 4.78 is 0. The van der Waals surface area contributed by atoms with Crippen molar-refractivity contribution in [3.63, 3.8) is 0 Å². The lowest BCUT2D eigenvalue weighted by Gasteiger charge is -2.15. The third kappa shape index (κ3) is 5.44. The van der Waals surface area contributed by atoms with Crippen LogP contribution in [0, 0.1) is 0 Å². The van der Waals surface area contributed by atoms with Gasteiger partial charge < -0.3 is 15.5 Å². The number of benzene rings is 1. The highest BCUT2D eigenvalue weighted by Crippen LogP contribution is 1.97. The molecule has 0 aromatic heterocycles. The van der Waals surface area contributed by atoms with Gasteiger partial charge in [0.05, 0.1) is 6.10 Å². The molecule has 1 aromatic rings. The van der Waals surface area contributed by atoms with Crippen LogP contribution in [0.15, 0.2) is 30.3 Å². The van der Waals surface area contributed by atoms with Gasteiger partial charge in [0.1, 0.15) is 0 Å². The fraction of sp³-hybridized carbons (Fsp3) is 0.417. The third-order valence-electron chi connectivity index (χ3n) is 2.20. The molecule has 0 bridgehead atoms. The molecule has 94 valence electrons. The molecule has 1 aromatic carbocycles. The highest BCUT2D eigenvalue weighted by molar-refractivity contribution is 5.94. The van der Waals surface area contributed by atoms with Crippen LogP contribution < -0.4 is 10.6 Å². The first-order valence-corrected chi connectivity index (χ1v) is 5.55. The minimum absolute atomic E-state index is 0.345. The molecule has 4 N–H and O–H groups in total. The van der Waals surface area contributed by atoms with E-state index in [2.05, 4.69) is 10.6 Å². The summed E-state index contributed by atoms with van der Waals surface area (Å²) in [5.41, 5.74) is 0.490. The maximum absolute atomic E-state index is 11.6. The lowest BCUT2D eigenvalue weighted by Crippen LogP contribution is -2.45. The second kappa shape index (κ2) is 7.01. The van der Waals surface area contributed by atoms with Crippen LogP contribution in [0.2, 0.25) is 0 Å². The SMILES string of the molecule is C[C@H](O)CCN[C@H](O)NC(=O)c1ccccc1. The molecular weight excluding hydrogens is 220 g/mol. The maximum atomic E-state index is 11.6. The van der Waals surface area contributed by atoms with E-state index in [1.54, 1.807) is 31.2 Å². The summed E-state index contributed by atoms with van der Waals surface area (Å²) in [5.74, 6) is -0.345. The van der Waals surface area contributed by atoms with E-state index in [1.165, 1.54) is 0 Å². The van der Waals surface area contributed by atoms with Gasteiger partial charge in [-0.15, -0.1) is 0 Å². The quantitative estimate of drug-likeness (QED) is 0.528. The Bertz CT molecular complexity index is 341. The minimum Gasteiger partial charge on any atom is -0.393 e. The zero-order valence-electron chi connectivity index (χ0n) is 9.76. The summed E-state index contributed by atoms with van der Waals surface area (Å²) in [6, 6.07) is 8.65. The van der Waals surface area contributed by atoms with Crippen molar-refractivity contribution in [2.45, 2.75) is 25.8 Å². The fourth-order valence-electron chi connectivity index (χ4n) is 1.28. The number of nitrogens with one attached hydrogen (secondary N) is 2. The number of aliphatic hydroxyl groups excluding tert-OH is 2. The molecule has 0 aliphatic rings. The summed E-state index contributed by atoms with van der Waals surface area (Å²) in [4.78, 5) is 11.6. The zero-order valence-corrected chi connectivity index (χ0v) is 9.76. The highest BCUT2D eigenvalue weighted by Gasteiger charge is 2.09. The largest absolute Gasteiger partial charge is 0.393 e. The highest BCUT2D eigenvalue weighted by atomic mass is 16.3. The monoisotopic (exact) mass is 238 g/mol. The van der Waals surface area contributed by atoms with Gasteiger partial charge in [-0.25, -0.2) is 0 Å². The molecule has 2 atom stereocenters. The van der Waals surface area contributed by atoms with Gasteiger partial charge in [-0.05, 0) is 25.5 Å². The zero-order chi connectivity index (χ0) is 12.7.